The van der Waals surface area contributed by atoms with Crippen molar-refractivity contribution in [1.29, 1.82) is 0 Å². The third-order valence-electron chi connectivity index (χ3n) is 7.91. The fraction of sp³-hybridized carbons (Fsp3) is 0.615. The first-order valence-electron chi connectivity index (χ1n) is 13.8. The number of aromatic nitrogens is 4. The van der Waals surface area contributed by atoms with Gasteiger partial charge in [-0.15, -0.1) is 0 Å². The number of nitrogens with one attached hydrogen (secondary N) is 2. The van der Waals surface area contributed by atoms with Crippen LogP contribution in [0.2, 0.25) is 0 Å². The molecule has 1 unspecified atom stereocenters. The summed E-state index contributed by atoms with van der Waals surface area (Å²) in [5, 5.41) is 26.5. The van der Waals surface area contributed by atoms with Gasteiger partial charge in [0, 0.05) is 32.1 Å². The zero-order valence-electron chi connectivity index (χ0n) is 22.2. The SMILES string of the molecule is Nc1nc(C#CCC2CCN(C(=O)OCC3CNC3=O)CC2)nc2c1ncn2[C@@H]1O[C@H](C(=O)NC2CC2)[C@@H](O)[C@H]1O. The molecule has 5 atom stereocenters. The molecule has 6 rings (SSSR count). The molecule has 2 aromatic rings. The molecule has 3 amide bonds. The lowest BCUT2D eigenvalue weighted by Crippen LogP contribution is -2.51. The first-order chi connectivity index (χ1) is 19.8. The molecule has 0 spiro atoms. The molecular weight excluding hydrogens is 536 g/mol. The Hall–Kier alpha value is -4.00. The van der Waals surface area contributed by atoms with Crippen LogP contribution in [0.3, 0.4) is 0 Å². The highest BCUT2D eigenvalue weighted by atomic mass is 16.6. The Balaban J connectivity index is 1.07. The van der Waals surface area contributed by atoms with Gasteiger partial charge in [0.05, 0.1) is 12.2 Å². The minimum absolute atomic E-state index is 0.0777. The van der Waals surface area contributed by atoms with E-state index in [9.17, 15) is 24.6 Å². The van der Waals surface area contributed by atoms with Gasteiger partial charge < -0.3 is 41.0 Å². The molecule has 2 aromatic heterocycles. The number of nitrogens with zero attached hydrogens (tertiary/aromatic N) is 5. The number of carbonyl (C=O) groups excluding carboxylic acids is 3. The minimum atomic E-state index is -1.42. The third kappa shape index (κ3) is 5.63. The van der Waals surface area contributed by atoms with Crippen molar-refractivity contribution in [2.75, 3.05) is 32.0 Å². The Morgan fingerprint density at radius 1 is 1.20 bits per heavy atom. The van der Waals surface area contributed by atoms with Gasteiger partial charge in [-0.05, 0) is 37.5 Å². The van der Waals surface area contributed by atoms with Gasteiger partial charge in [0.25, 0.3) is 5.91 Å². The van der Waals surface area contributed by atoms with Crippen LogP contribution in [0.15, 0.2) is 6.33 Å². The van der Waals surface area contributed by atoms with Crippen LogP contribution in [0.5, 0.6) is 0 Å². The van der Waals surface area contributed by atoms with E-state index in [0.29, 0.717) is 26.1 Å². The van der Waals surface area contributed by atoms with Gasteiger partial charge in [-0.2, -0.15) is 0 Å². The van der Waals surface area contributed by atoms with Crippen molar-refractivity contribution in [3.8, 4) is 11.8 Å². The van der Waals surface area contributed by atoms with E-state index in [-0.39, 0.29) is 53.2 Å². The molecule has 5 heterocycles. The Kier molecular flexibility index (Phi) is 7.37. The van der Waals surface area contributed by atoms with Crippen molar-refractivity contribution in [2.45, 2.75) is 62.7 Å². The Morgan fingerprint density at radius 2 is 1.98 bits per heavy atom. The second-order valence-corrected chi connectivity index (χ2v) is 10.9. The number of hydrogen-bond acceptors (Lipinski definition) is 11. The van der Waals surface area contributed by atoms with E-state index in [1.54, 1.807) is 4.90 Å². The molecule has 3 aliphatic heterocycles. The van der Waals surface area contributed by atoms with Crippen LogP contribution in [-0.4, -0.2) is 103 Å². The highest BCUT2D eigenvalue weighted by Gasteiger charge is 2.48. The number of ether oxygens (including phenoxy) is 2. The molecule has 41 heavy (non-hydrogen) atoms. The van der Waals surface area contributed by atoms with Gasteiger partial charge in [-0.3, -0.25) is 14.2 Å². The predicted octanol–water partition coefficient (Wildman–Crippen LogP) is -1.36. The van der Waals surface area contributed by atoms with Gasteiger partial charge in [-0.25, -0.2) is 19.7 Å². The molecule has 15 heteroatoms. The fourth-order valence-electron chi connectivity index (χ4n) is 5.12. The number of nitrogen functional groups attached to an aromatic ring is 1. The maximum absolute atomic E-state index is 12.5. The van der Waals surface area contributed by atoms with E-state index in [2.05, 4.69) is 37.4 Å². The smallest absolute Gasteiger partial charge is 0.409 e. The van der Waals surface area contributed by atoms with E-state index in [0.717, 1.165) is 25.7 Å². The van der Waals surface area contributed by atoms with E-state index in [1.807, 2.05) is 0 Å². The summed E-state index contributed by atoms with van der Waals surface area (Å²) in [4.78, 5) is 50.6. The summed E-state index contributed by atoms with van der Waals surface area (Å²) < 4.78 is 12.4. The number of imidazole rings is 1. The largest absolute Gasteiger partial charge is 0.448 e. The standard InChI is InChI=1S/C26H32N8O7/c27-21-17-22(34(12-29-17)25-19(36)18(35)20(41-25)24(38)30-15-4-5-15)32-16(31-21)3-1-2-13-6-8-33(9-7-13)26(39)40-11-14-10-28-23(14)37/h12-15,18-20,25,35-36H,2,4-11H2,(H,28,37)(H,30,38)(H2,27,31,32)/t14?,18-,19+,20-,25+/m0/s1. The average molecular weight is 569 g/mol. The number of anilines is 1. The minimum Gasteiger partial charge on any atom is -0.448 e. The Morgan fingerprint density at radius 3 is 2.66 bits per heavy atom. The predicted molar refractivity (Wildman–Crippen MR) is 140 cm³/mol. The van der Waals surface area contributed by atoms with Crippen LogP contribution in [0.25, 0.3) is 11.2 Å². The van der Waals surface area contributed by atoms with Gasteiger partial charge in [-0.1, -0.05) is 5.92 Å². The van der Waals surface area contributed by atoms with Crippen LogP contribution in [0.1, 0.15) is 44.2 Å². The topological polar surface area (TPSA) is 207 Å². The van der Waals surface area contributed by atoms with Gasteiger partial charge in [0.1, 0.15) is 24.3 Å². The van der Waals surface area contributed by atoms with Gasteiger partial charge in [0.15, 0.2) is 23.8 Å². The lowest BCUT2D eigenvalue weighted by molar-refractivity contribution is -0.137. The number of nitrogens with two attached hydrogens (primary N) is 1. The van der Waals surface area contributed by atoms with E-state index >= 15 is 0 Å². The molecule has 1 saturated carbocycles. The summed E-state index contributed by atoms with van der Waals surface area (Å²) in [6, 6.07) is 0.0777. The number of hydrogen-bond donors (Lipinski definition) is 5. The summed E-state index contributed by atoms with van der Waals surface area (Å²) in [5.41, 5.74) is 6.65. The van der Waals surface area contributed by atoms with Crippen LogP contribution in [-0.2, 0) is 19.1 Å². The molecule has 6 N–H and O–H groups in total. The normalized spacial score (nSPS) is 28.0. The van der Waals surface area contributed by atoms with Crippen molar-refractivity contribution in [3.05, 3.63) is 12.2 Å². The highest BCUT2D eigenvalue weighted by Crippen LogP contribution is 2.33. The number of β-lactam (4-membered cyclic amide) rings is 1. The van der Waals surface area contributed by atoms with Crippen LogP contribution < -0.4 is 16.4 Å². The number of fused-ring (bicyclic) bond motifs is 1. The van der Waals surface area contributed by atoms with Crippen LogP contribution >= 0.6 is 0 Å². The summed E-state index contributed by atoms with van der Waals surface area (Å²) in [7, 11) is 0. The van der Waals surface area contributed by atoms with Crippen molar-refractivity contribution in [3.63, 3.8) is 0 Å². The van der Waals surface area contributed by atoms with Crippen molar-refractivity contribution in [1.82, 2.24) is 35.1 Å². The second-order valence-electron chi connectivity index (χ2n) is 10.9. The van der Waals surface area contributed by atoms with Crippen LogP contribution in [0, 0.1) is 23.7 Å². The first-order valence-corrected chi connectivity index (χ1v) is 13.8. The summed E-state index contributed by atoms with van der Waals surface area (Å²) in [6.07, 6.45) is -0.343. The molecule has 4 aliphatic rings. The number of amides is 3. The number of aliphatic hydroxyl groups is 2. The zero-order chi connectivity index (χ0) is 28.7. The highest BCUT2D eigenvalue weighted by molar-refractivity contribution is 5.85. The number of rotatable bonds is 6. The quantitative estimate of drug-likeness (QED) is 0.203. The lowest BCUT2D eigenvalue weighted by atomic mass is 9.94. The monoisotopic (exact) mass is 568 g/mol. The number of aliphatic hydroxyl groups excluding tert-OH is 2. The first kappa shape index (κ1) is 27.2. The Labute approximate surface area is 234 Å². The number of carbonyl (C=O) groups is 3. The van der Waals surface area contributed by atoms with E-state index in [1.165, 1.54) is 10.9 Å². The molecular formula is C26H32N8O7. The van der Waals surface area contributed by atoms with Crippen molar-refractivity contribution in [2.24, 2.45) is 11.8 Å². The van der Waals surface area contributed by atoms with Gasteiger partial charge in [0.2, 0.25) is 11.7 Å². The molecule has 218 valence electrons. The fourth-order valence-corrected chi connectivity index (χ4v) is 5.12. The molecule has 0 radical (unpaired) electrons. The maximum Gasteiger partial charge on any atom is 0.409 e. The zero-order valence-corrected chi connectivity index (χ0v) is 22.2. The van der Waals surface area contributed by atoms with E-state index in [4.69, 9.17) is 15.2 Å². The van der Waals surface area contributed by atoms with Crippen LogP contribution in [0.4, 0.5) is 10.6 Å². The lowest BCUT2D eigenvalue weighted by Gasteiger charge is -2.31. The second kappa shape index (κ2) is 11.1. The molecule has 0 bridgehead atoms. The summed E-state index contributed by atoms with van der Waals surface area (Å²) in [6.45, 7) is 1.74. The molecule has 1 aliphatic carbocycles. The summed E-state index contributed by atoms with van der Waals surface area (Å²) in [5.74, 6) is 5.76. The molecule has 0 aromatic carbocycles. The maximum atomic E-state index is 12.5. The molecule has 4 fully saturated rings. The summed E-state index contributed by atoms with van der Waals surface area (Å²) >= 11 is 0. The van der Waals surface area contributed by atoms with Crippen molar-refractivity contribution < 1.29 is 34.1 Å². The van der Waals surface area contributed by atoms with Crippen molar-refractivity contribution >= 4 is 34.9 Å². The Bertz CT molecular complexity index is 1410. The third-order valence-corrected chi connectivity index (χ3v) is 7.91. The average Bonchev–Trinajstić information content (AvgIpc) is 3.59. The van der Waals surface area contributed by atoms with Gasteiger partial charge >= 0.3 is 6.09 Å². The number of piperidine rings is 1. The number of likely N-dealkylation sites (tertiary alicyclic amines) is 1. The van der Waals surface area contributed by atoms with E-state index < -0.39 is 36.5 Å². The molecule has 15 nitrogen and oxygen atoms in total. The molecule has 3 saturated heterocycles.